The number of aryl methyl sites for hydroxylation is 1. The van der Waals surface area contributed by atoms with Gasteiger partial charge in [-0.25, -0.2) is 0 Å². The number of fused-ring (bicyclic) bond motifs is 5. The standard InChI is InChI=1S/C24H38O2Si/c1-23(2,3)27(5,6)26-22-12-11-21-20-9-7-16-15-17(25)8-10-18(16)19(20)13-14-24(21,22)4/h8,10,15,19-22,25H,7,9,11-14H2,1-6H3/t19-,20-,21+,22+,24+/m1/s1. The number of phenolic OH excluding ortho intramolecular Hbond substituents is 1. The quantitative estimate of drug-likeness (QED) is 0.577. The highest BCUT2D eigenvalue weighted by Crippen LogP contribution is 2.62. The molecule has 1 aromatic carbocycles. The molecule has 0 saturated heterocycles. The number of rotatable bonds is 2. The Balaban J connectivity index is 1.58. The molecule has 3 aliphatic rings. The molecule has 0 heterocycles. The van der Waals surface area contributed by atoms with Crippen LogP contribution in [0.3, 0.4) is 0 Å². The van der Waals surface area contributed by atoms with E-state index in [-0.39, 0.29) is 5.04 Å². The van der Waals surface area contributed by atoms with Crippen molar-refractivity contribution in [3.05, 3.63) is 29.3 Å². The molecule has 3 heteroatoms. The minimum absolute atomic E-state index is 0.282. The lowest BCUT2D eigenvalue weighted by Crippen LogP contribution is -2.50. The second kappa shape index (κ2) is 6.35. The zero-order chi connectivity index (χ0) is 19.6. The van der Waals surface area contributed by atoms with Crippen LogP contribution < -0.4 is 0 Å². The normalized spacial score (nSPS) is 36.1. The highest BCUT2D eigenvalue weighted by molar-refractivity contribution is 6.74. The van der Waals surface area contributed by atoms with Gasteiger partial charge >= 0.3 is 0 Å². The van der Waals surface area contributed by atoms with Gasteiger partial charge in [0.1, 0.15) is 5.75 Å². The number of hydrogen-bond acceptors (Lipinski definition) is 2. The molecule has 27 heavy (non-hydrogen) atoms. The first-order chi connectivity index (χ1) is 12.5. The van der Waals surface area contributed by atoms with Gasteiger partial charge in [0.2, 0.25) is 0 Å². The Morgan fingerprint density at radius 3 is 2.56 bits per heavy atom. The smallest absolute Gasteiger partial charge is 0.192 e. The predicted molar refractivity (Wildman–Crippen MR) is 115 cm³/mol. The second-order valence-corrected chi connectivity index (χ2v) is 16.0. The third-order valence-corrected chi connectivity index (χ3v) is 13.4. The summed E-state index contributed by atoms with van der Waals surface area (Å²) >= 11 is 0. The molecule has 0 amide bonds. The van der Waals surface area contributed by atoms with Crippen LogP contribution in [-0.2, 0) is 10.8 Å². The molecule has 0 aliphatic heterocycles. The van der Waals surface area contributed by atoms with E-state index >= 15 is 0 Å². The molecule has 5 atom stereocenters. The van der Waals surface area contributed by atoms with Gasteiger partial charge in [-0.15, -0.1) is 0 Å². The maximum Gasteiger partial charge on any atom is 0.192 e. The van der Waals surface area contributed by atoms with Gasteiger partial charge in [-0.05, 0) is 103 Å². The average Bonchev–Trinajstić information content (AvgIpc) is 2.89. The molecule has 150 valence electrons. The van der Waals surface area contributed by atoms with Crippen molar-refractivity contribution in [3.63, 3.8) is 0 Å². The molecular formula is C24H38O2Si. The first-order valence-electron chi connectivity index (χ1n) is 11.0. The summed E-state index contributed by atoms with van der Waals surface area (Å²) in [5.74, 6) is 2.72. The van der Waals surface area contributed by atoms with E-state index in [1.807, 2.05) is 12.1 Å². The lowest BCUT2D eigenvalue weighted by Gasteiger charge is -2.52. The van der Waals surface area contributed by atoms with E-state index in [9.17, 15) is 5.11 Å². The van der Waals surface area contributed by atoms with E-state index in [2.05, 4.69) is 46.9 Å². The van der Waals surface area contributed by atoms with Gasteiger partial charge in [-0.3, -0.25) is 0 Å². The zero-order valence-corrected chi connectivity index (χ0v) is 19.1. The molecule has 2 saturated carbocycles. The van der Waals surface area contributed by atoms with Crippen molar-refractivity contribution in [3.8, 4) is 5.75 Å². The highest BCUT2D eigenvalue weighted by Gasteiger charge is 2.56. The van der Waals surface area contributed by atoms with Gasteiger partial charge in [0.15, 0.2) is 8.32 Å². The van der Waals surface area contributed by atoms with Crippen LogP contribution in [0.25, 0.3) is 0 Å². The maximum absolute atomic E-state index is 9.87. The van der Waals surface area contributed by atoms with Gasteiger partial charge in [0.25, 0.3) is 0 Å². The van der Waals surface area contributed by atoms with Crippen LogP contribution in [0.15, 0.2) is 18.2 Å². The molecule has 0 spiro atoms. The number of benzene rings is 1. The largest absolute Gasteiger partial charge is 0.508 e. The first kappa shape index (κ1) is 19.5. The minimum atomic E-state index is -1.73. The Kier molecular flexibility index (Phi) is 4.59. The summed E-state index contributed by atoms with van der Waals surface area (Å²) in [5.41, 5.74) is 3.28. The molecule has 3 aliphatic carbocycles. The number of hydrogen-bond donors (Lipinski definition) is 1. The summed E-state index contributed by atoms with van der Waals surface area (Å²) < 4.78 is 7.01. The van der Waals surface area contributed by atoms with Gasteiger partial charge in [-0.1, -0.05) is 33.8 Å². The fraction of sp³-hybridized carbons (Fsp3) is 0.750. The summed E-state index contributed by atoms with van der Waals surface area (Å²) in [4.78, 5) is 0. The summed E-state index contributed by atoms with van der Waals surface area (Å²) in [6, 6.07) is 6.12. The molecular weight excluding hydrogens is 348 g/mol. The molecule has 0 aromatic heterocycles. The third kappa shape index (κ3) is 3.09. The Hall–Kier alpha value is -0.803. The van der Waals surface area contributed by atoms with Crippen LogP contribution in [0, 0.1) is 17.3 Å². The number of phenols is 1. The zero-order valence-electron chi connectivity index (χ0n) is 18.1. The Labute approximate surface area is 166 Å². The average molecular weight is 387 g/mol. The SMILES string of the molecule is CC(C)(C)[Si](C)(C)O[C@H]1CC[C@H]2[C@@H]3CCc4cc(O)ccc4[C@H]3CC[C@]12C. The molecule has 1 N–H and O–H groups in total. The van der Waals surface area contributed by atoms with Crippen LogP contribution in [-0.4, -0.2) is 19.5 Å². The van der Waals surface area contributed by atoms with E-state index in [4.69, 9.17) is 4.43 Å². The summed E-state index contributed by atoms with van der Waals surface area (Å²) in [6.45, 7) is 14.5. The van der Waals surface area contributed by atoms with Gasteiger partial charge in [0, 0.05) is 0 Å². The summed E-state index contributed by atoms with van der Waals surface area (Å²) in [6.07, 6.45) is 8.03. The summed E-state index contributed by atoms with van der Waals surface area (Å²) in [7, 11) is -1.73. The lowest BCUT2D eigenvalue weighted by molar-refractivity contribution is -0.0165. The molecule has 0 bridgehead atoms. The van der Waals surface area contributed by atoms with Crippen molar-refractivity contribution in [1.29, 1.82) is 0 Å². The van der Waals surface area contributed by atoms with Crippen molar-refractivity contribution in [2.75, 3.05) is 0 Å². The topological polar surface area (TPSA) is 29.5 Å². The predicted octanol–water partition coefficient (Wildman–Crippen LogP) is 6.64. The van der Waals surface area contributed by atoms with Gasteiger partial charge in [-0.2, -0.15) is 0 Å². The van der Waals surface area contributed by atoms with Crippen molar-refractivity contribution in [1.82, 2.24) is 0 Å². The van der Waals surface area contributed by atoms with Crippen molar-refractivity contribution in [2.45, 2.75) is 96.4 Å². The van der Waals surface area contributed by atoms with E-state index in [0.717, 1.165) is 18.3 Å². The fourth-order valence-corrected chi connectivity index (χ4v) is 7.70. The van der Waals surface area contributed by atoms with Crippen LogP contribution in [0.2, 0.25) is 18.1 Å². The molecule has 0 unspecified atom stereocenters. The Morgan fingerprint density at radius 2 is 1.85 bits per heavy atom. The van der Waals surface area contributed by atoms with Crippen molar-refractivity contribution in [2.24, 2.45) is 17.3 Å². The van der Waals surface area contributed by atoms with Gasteiger partial charge < -0.3 is 9.53 Å². The third-order valence-electron chi connectivity index (χ3n) is 8.87. The van der Waals surface area contributed by atoms with Crippen LogP contribution >= 0.6 is 0 Å². The summed E-state index contributed by atoms with van der Waals surface area (Å²) in [5, 5.41) is 10.2. The molecule has 1 aromatic rings. The molecule has 2 nitrogen and oxygen atoms in total. The monoisotopic (exact) mass is 386 g/mol. The van der Waals surface area contributed by atoms with Crippen LogP contribution in [0.1, 0.15) is 76.8 Å². The van der Waals surface area contributed by atoms with E-state index in [0.29, 0.717) is 23.2 Å². The maximum atomic E-state index is 9.87. The number of aromatic hydroxyl groups is 1. The van der Waals surface area contributed by atoms with E-state index < -0.39 is 8.32 Å². The van der Waals surface area contributed by atoms with E-state index in [1.54, 1.807) is 0 Å². The molecule has 0 radical (unpaired) electrons. The molecule has 4 rings (SSSR count). The first-order valence-corrected chi connectivity index (χ1v) is 13.9. The van der Waals surface area contributed by atoms with Crippen molar-refractivity contribution >= 4 is 8.32 Å². The Bertz CT molecular complexity index is 720. The minimum Gasteiger partial charge on any atom is -0.508 e. The van der Waals surface area contributed by atoms with Crippen LogP contribution in [0.4, 0.5) is 0 Å². The van der Waals surface area contributed by atoms with Gasteiger partial charge in [0.05, 0.1) is 6.10 Å². The fourth-order valence-electron chi connectivity index (χ4n) is 6.25. The lowest BCUT2D eigenvalue weighted by atomic mass is 9.55. The van der Waals surface area contributed by atoms with E-state index in [1.165, 1.54) is 43.2 Å². The Morgan fingerprint density at radius 1 is 1.11 bits per heavy atom. The van der Waals surface area contributed by atoms with Crippen molar-refractivity contribution < 1.29 is 9.53 Å². The second-order valence-electron chi connectivity index (χ2n) is 11.3. The molecule has 2 fully saturated rings. The van der Waals surface area contributed by atoms with Crippen LogP contribution in [0.5, 0.6) is 5.75 Å². The highest BCUT2D eigenvalue weighted by atomic mass is 28.4.